The van der Waals surface area contributed by atoms with Crippen LogP contribution in [0, 0.1) is 6.92 Å². The number of aromatic carboxylic acids is 1. The Balaban J connectivity index is 2.28. The lowest BCUT2D eigenvalue weighted by Gasteiger charge is -2.19. The van der Waals surface area contributed by atoms with E-state index in [0.717, 1.165) is 5.56 Å². The number of hydrogen-bond donors (Lipinski definition) is 3. The summed E-state index contributed by atoms with van der Waals surface area (Å²) >= 11 is 0. The standard InChI is InChI=1S/C16H18N2O2/c1-10-5-3-4-6-13(10)11(2)18-15-9-12(16(19)20)7-8-14(15)17/h3-9,11,18H,17H2,1-2H3,(H,19,20). The zero-order valence-corrected chi connectivity index (χ0v) is 11.6. The van der Waals surface area contributed by atoms with Gasteiger partial charge in [-0.3, -0.25) is 0 Å². The first-order chi connectivity index (χ1) is 9.49. The zero-order chi connectivity index (χ0) is 14.7. The molecule has 1 atom stereocenters. The van der Waals surface area contributed by atoms with Crippen LogP contribution in [0.2, 0.25) is 0 Å². The van der Waals surface area contributed by atoms with Gasteiger partial charge < -0.3 is 16.2 Å². The van der Waals surface area contributed by atoms with E-state index in [1.54, 1.807) is 12.1 Å². The van der Waals surface area contributed by atoms with Gasteiger partial charge in [-0.05, 0) is 43.2 Å². The van der Waals surface area contributed by atoms with Crippen LogP contribution < -0.4 is 11.1 Å². The van der Waals surface area contributed by atoms with E-state index < -0.39 is 5.97 Å². The Hall–Kier alpha value is -2.49. The van der Waals surface area contributed by atoms with Gasteiger partial charge in [-0.25, -0.2) is 4.79 Å². The molecule has 0 bridgehead atoms. The van der Waals surface area contributed by atoms with Crippen molar-refractivity contribution < 1.29 is 9.90 Å². The summed E-state index contributed by atoms with van der Waals surface area (Å²) < 4.78 is 0. The first-order valence-electron chi connectivity index (χ1n) is 6.44. The third kappa shape index (κ3) is 2.91. The molecular weight excluding hydrogens is 252 g/mol. The van der Waals surface area contributed by atoms with Gasteiger partial charge in [0.15, 0.2) is 0 Å². The van der Waals surface area contributed by atoms with Crippen LogP contribution in [0.15, 0.2) is 42.5 Å². The van der Waals surface area contributed by atoms with E-state index in [1.807, 2.05) is 38.1 Å². The monoisotopic (exact) mass is 270 g/mol. The molecule has 0 saturated carbocycles. The molecule has 2 rings (SSSR count). The fourth-order valence-corrected chi connectivity index (χ4v) is 2.20. The molecule has 0 saturated heterocycles. The molecule has 2 aromatic carbocycles. The van der Waals surface area contributed by atoms with Gasteiger partial charge in [0.05, 0.1) is 16.9 Å². The zero-order valence-electron chi connectivity index (χ0n) is 11.6. The predicted molar refractivity (Wildman–Crippen MR) is 81.0 cm³/mol. The smallest absolute Gasteiger partial charge is 0.335 e. The van der Waals surface area contributed by atoms with E-state index in [1.165, 1.54) is 11.6 Å². The number of carbonyl (C=O) groups is 1. The second-order valence-corrected chi connectivity index (χ2v) is 4.83. The largest absolute Gasteiger partial charge is 0.478 e. The first-order valence-corrected chi connectivity index (χ1v) is 6.44. The fourth-order valence-electron chi connectivity index (χ4n) is 2.20. The maximum Gasteiger partial charge on any atom is 0.335 e. The molecule has 0 fully saturated rings. The van der Waals surface area contributed by atoms with E-state index in [2.05, 4.69) is 5.32 Å². The van der Waals surface area contributed by atoms with E-state index in [0.29, 0.717) is 11.4 Å². The number of nitrogen functional groups attached to an aromatic ring is 1. The van der Waals surface area contributed by atoms with Crippen molar-refractivity contribution in [1.82, 2.24) is 0 Å². The molecule has 0 aliphatic carbocycles. The number of benzene rings is 2. The van der Waals surface area contributed by atoms with Crippen molar-refractivity contribution in [1.29, 1.82) is 0 Å². The average molecular weight is 270 g/mol. The molecule has 20 heavy (non-hydrogen) atoms. The molecule has 1 unspecified atom stereocenters. The molecule has 0 aliphatic heterocycles. The first kappa shape index (κ1) is 13.9. The minimum atomic E-state index is -0.961. The lowest BCUT2D eigenvalue weighted by atomic mass is 10.0. The van der Waals surface area contributed by atoms with Gasteiger partial charge in [0.1, 0.15) is 0 Å². The molecule has 0 spiro atoms. The Morgan fingerprint density at radius 1 is 1.25 bits per heavy atom. The highest BCUT2D eigenvalue weighted by atomic mass is 16.4. The molecule has 0 heterocycles. The Bertz CT molecular complexity index is 638. The highest BCUT2D eigenvalue weighted by molar-refractivity contribution is 5.90. The molecular formula is C16H18N2O2. The van der Waals surface area contributed by atoms with Crippen molar-refractivity contribution >= 4 is 17.3 Å². The summed E-state index contributed by atoms with van der Waals surface area (Å²) in [5.74, 6) is -0.961. The van der Waals surface area contributed by atoms with Crippen LogP contribution in [0.4, 0.5) is 11.4 Å². The minimum absolute atomic E-state index is 0.0440. The third-order valence-corrected chi connectivity index (χ3v) is 3.33. The minimum Gasteiger partial charge on any atom is -0.478 e. The highest BCUT2D eigenvalue weighted by Crippen LogP contribution is 2.26. The van der Waals surface area contributed by atoms with E-state index in [-0.39, 0.29) is 11.6 Å². The molecule has 0 amide bonds. The van der Waals surface area contributed by atoms with Crippen LogP contribution >= 0.6 is 0 Å². The Morgan fingerprint density at radius 3 is 2.60 bits per heavy atom. The highest BCUT2D eigenvalue weighted by Gasteiger charge is 2.11. The molecule has 0 aromatic heterocycles. The van der Waals surface area contributed by atoms with Crippen LogP contribution in [0.3, 0.4) is 0 Å². The molecule has 0 radical (unpaired) electrons. The molecule has 4 heteroatoms. The number of anilines is 2. The van der Waals surface area contributed by atoms with Crippen LogP contribution in [-0.4, -0.2) is 11.1 Å². The number of carboxylic acids is 1. The van der Waals surface area contributed by atoms with Crippen molar-refractivity contribution in [3.05, 3.63) is 59.2 Å². The molecule has 0 aliphatic rings. The molecule has 104 valence electrons. The van der Waals surface area contributed by atoms with Crippen molar-refractivity contribution in [3.63, 3.8) is 0 Å². The summed E-state index contributed by atoms with van der Waals surface area (Å²) in [5.41, 5.74) is 9.64. The Labute approximate surface area is 118 Å². The van der Waals surface area contributed by atoms with E-state index in [9.17, 15) is 4.79 Å². The SMILES string of the molecule is Cc1ccccc1C(C)Nc1cc(C(=O)O)ccc1N. The van der Waals surface area contributed by atoms with Gasteiger partial charge in [0.2, 0.25) is 0 Å². The summed E-state index contributed by atoms with van der Waals surface area (Å²) in [7, 11) is 0. The van der Waals surface area contributed by atoms with Crippen molar-refractivity contribution in [3.8, 4) is 0 Å². The van der Waals surface area contributed by atoms with E-state index >= 15 is 0 Å². The topological polar surface area (TPSA) is 75.3 Å². The molecule has 4 nitrogen and oxygen atoms in total. The second-order valence-electron chi connectivity index (χ2n) is 4.83. The van der Waals surface area contributed by atoms with Gasteiger partial charge >= 0.3 is 5.97 Å². The normalized spacial score (nSPS) is 11.9. The van der Waals surface area contributed by atoms with Crippen molar-refractivity contribution in [2.45, 2.75) is 19.9 Å². The van der Waals surface area contributed by atoms with Crippen LogP contribution in [0.1, 0.15) is 34.5 Å². The summed E-state index contributed by atoms with van der Waals surface area (Å²) in [6.45, 7) is 4.07. The Morgan fingerprint density at radius 2 is 1.95 bits per heavy atom. The predicted octanol–water partition coefficient (Wildman–Crippen LogP) is 3.45. The second kappa shape index (κ2) is 5.65. The van der Waals surface area contributed by atoms with Gasteiger partial charge in [0, 0.05) is 6.04 Å². The fraction of sp³-hybridized carbons (Fsp3) is 0.188. The van der Waals surface area contributed by atoms with Crippen LogP contribution in [-0.2, 0) is 0 Å². The van der Waals surface area contributed by atoms with Gasteiger partial charge in [-0.1, -0.05) is 24.3 Å². The number of hydrogen-bond acceptors (Lipinski definition) is 3. The van der Waals surface area contributed by atoms with Crippen LogP contribution in [0.25, 0.3) is 0 Å². The summed E-state index contributed by atoms with van der Waals surface area (Å²) in [4.78, 5) is 11.0. The summed E-state index contributed by atoms with van der Waals surface area (Å²) in [6, 6.07) is 12.8. The number of nitrogens with one attached hydrogen (secondary N) is 1. The van der Waals surface area contributed by atoms with Crippen LogP contribution in [0.5, 0.6) is 0 Å². The number of nitrogens with two attached hydrogens (primary N) is 1. The quantitative estimate of drug-likeness (QED) is 0.744. The number of rotatable bonds is 4. The molecule has 2 aromatic rings. The number of carboxylic acid groups (broad SMARTS) is 1. The van der Waals surface area contributed by atoms with Crippen molar-refractivity contribution in [2.24, 2.45) is 0 Å². The average Bonchev–Trinajstić information content (AvgIpc) is 2.41. The summed E-state index contributed by atoms with van der Waals surface area (Å²) in [6.07, 6.45) is 0. The maximum atomic E-state index is 11.0. The van der Waals surface area contributed by atoms with Gasteiger partial charge in [-0.15, -0.1) is 0 Å². The maximum absolute atomic E-state index is 11.0. The van der Waals surface area contributed by atoms with Gasteiger partial charge in [0.25, 0.3) is 0 Å². The van der Waals surface area contributed by atoms with Crippen molar-refractivity contribution in [2.75, 3.05) is 11.1 Å². The molecule has 4 N–H and O–H groups in total. The van der Waals surface area contributed by atoms with Gasteiger partial charge in [-0.2, -0.15) is 0 Å². The van der Waals surface area contributed by atoms with E-state index in [4.69, 9.17) is 10.8 Å². The lowest BCUT2D eigenvalue weighted by Crippen LogP contribution is -2.10. The Kier molecular flexibility index (Phi) is 3.94. The third-order valence-electron chi connectivity index (χ3n) is 3.33. The summed E-state index contributed by atoms with van der Waals surface area (Å²) in [5, 5.41) is 12.3. The number of aryl methyl sites for hydroxylation is 1. The lowest BCUT2D eigenvalue weighted by molar-refractivity contribution is 0.0697.